The van der Waals surface area contributed by atoms with Crippen molar-refractivity contribution in [2.45, 2.75) is 17.7 Å². The van der Waals surface area contributed by atoms with Gasteiger partial charge < -0.3 is 5.11 Å². The van der Waals surface area contributed by atoms with Crippen LogP contribution in [-0.2, 0) is 10.0 Å². The van der Waals surface area contributed by atoms with E-state index in [0.717, 1.165) is 35.3 Å². The zero-order chi connectivity index (χ0) is 14.2. The van der Waals surface area contributed by atoms with E-state index in [9.17, 15) is 17.6 Å². The van der Waals surface area contributed by atoms with Crippen molar-refractivity contribution < 1.29 is 22.7 Å². The molecular weight excluding hydrogens is 273 g/mol. The fraction of sp³-hybridized carbons (Fsp3) is 0.417. The van der Waals surface area contributed by atoms with Gasteiger partial charge in [-0.2, -0.15) is 0 Å². The van der Waals surface area contributed by atoms with Gasteiger partial charge in [0, 0.05) is 13.6 Å². The number of sulfonamides is 1. The second kappa shape index (κ2) is 4.90. The normalized spacial score (nSPS) is 15.7. The maximum atomic E-state index is 13.2. The van der Waals surface area contributed by atoms with E-state index in [2.05, 4.69) is 0 Å². The van der Waals surface area contributed by atoms with E-state index in [1.165, 1.54) is 7.05 Å². The molecule has 1 fully saturated rings. The van der Waals surface area contributed by atoms with Crippen LogP contribution in [0.15, 0.2) is 23.1 Å². The van der Waals surface area contributed by atoms with Crippen molar-refractivity contribution >= 4 is 16.0 Å². The summed E-state index contributed by atoms with van der Waals surface area (Å²) in [6.45, 7) is 0.331. The molecule has 1 aliphatic carbocycles. The number of rotatable bonds is 5. The summed E-state index contributed by atoms with van der Waals surface area (Å²) >= 11 is 0. The van der Waals surface area contributed by atoms with Gasteiger partial charge in [-0.25, -0.2) is 21.9 Å². The third-order valence-corrected chi connectivity index (χ3v) is 4.94. The lowest BCUT2D eigenvalue weighted by Gasteiger charge is -2.18. The first kappa shape index (κ1) is 14.0. The Kier molecular flexibility index (Phi) is 3.60. The summed E-state index contributed by atoms with van der Waals surface area (Å²) in [5, 5.41) is 8.99. The zero-order valence-electron chi connectivity index (χ0n) is 10.3. The first-order valence-corrected chi connectivity index (χ1v) is 7.25. The number of carboxylic acids is 1. The van der Waals surface area contributed by atoms with E-state index in [1.807, 2.05) is 0 Å². The van der Waals surface area contributed by atoms with Crippen molar-refractivity contribution in [1.29, 1.82) is 0 Å². The Bertz CT molecular complexity index is 610. The Morgan fingerprint density at radius 1 is 1.47 bits per heavy atom. The maximum absolute atomic E-state index is 13.2. The van der Waals surface area contributed by atoms with Gasteiger partial charge in [-0.05, 0) is 37.0 Å². The van der Waals surface area contributed by atoms with Gasteiger partial charge in [0.15, 0.2) is 0 Å². The lowest BCUT2D eigenvalue weighted by Crippen LogP contribution is -2.30. The smallest absolute Gasteiger partial charge is 0.337 e. The molecule has 1 N–H and O–H groups in total. The second-order valence-corrected chi connectivity index (χ2v) is 6.69. The van der Waals surface area contributed by atoms with Crippen LogP contribution in [0.1, 0.15) is 23.2 Å². The first-order chi connectivity index (χ1) is 8.82. The average Bonchev–Trinajstić information content (AvgIpc) is 3.12. The number of hydrogen-bond donors (Lipinski definition) is 1. The van der Waals surface area contributed by atoms with E-state index in [0.29, 0.717) is 12.5 Å². The van der Waals surface area contributed by atoms with E-state index < -0.39 is 32.3 Å². The molecule has 1 aromatic carbocycles. The molecule has 7 heteroatoms. The third kappa shape index (κ3) is 2.93. The predicted molar refractivity (Wildman–Crippen MR) is 65.9 cm³/mol. The van der Waals surface area contributed by atoms with Gasteiger partial charge in [-0.3, -0.25) is 0 Å². The molecule has 0 saturated heterocycles. The molecule has 0 amide bonds. The van der Waals surface area contributed by atoms with Crippen LogP contribution in [0.2, 0.25) is 0 Å². The lowest BCUT2D eigenvalue weighted by atomic mass is 10.2. The molecule has 1 saturated carbocycles. The van der Waals surface area contributed by atoms with Crippen molar-refractivity contribution in [3.63, 3.8) is 0 Å². The van der Waals surface area contributed by atoms with Crippen molar-refractivity contribution in [1.82, 2.24) is 4.31 Å². The number of hydrogen-bond acceptors (Lipinski definition) is 3. The Morgan fingerprint density at radius 3 is 2.63 bits per heavy atom. The van der Waals surface area contributed by atoms with E-state index in [4.69, 9.17) is 5.11 Å². The molecule has 1 aliphatic rings. The number of carbonyl (C=O) groups is 1. The molecule has 2 rings (SSSR count). The second-order valence-electron chi connectivity index (χ2n) is 4.67. The summed E-state index contributed by atoms with van der Waals surface area (Å²) in [5.41, 5.74) is -0.413. The van der Waals surface area contributed by atoms with Gasteiger partial charge >= 0.3 is 5.97 Å². The Labute approximate surface area is 110 Å². The van der Waals surface area contributed by atoms with Crippen LogP contribution in [0, 0.1) is 11.7 Å². The third-order valence-electron chi connectivity index (χ3n) is 3.07. The summed E-state index contributed by atoms with van der Waals surface area (Å²) in [6.07, 6.45) is 1.93. The van der Waals surface area contributed by atoms with Gasteiger partial charge in [-0.15, -0.1) is 0 Å². The largest absolute Gasteiger partial charge is 0.478 e. The first-order valence-electron chi connectivity index (χ1n) is 5.81. The van der Waals surface area contributed by atoms with Crippen LogP contribution in [0.3, 0.4) is 0 Å². The lowest BCUT2D eigenvalue weighted by molar-refractivity contribution is 0.0692. The molecule has 0 aliphatic heterocycles. The molecule has 1 aromatic rings. The van der Waals surface area contributed by atoms with Gasteiger partial charge in [0.25, 0.3) is 0 Å². The molecule has 0 radical (unpaired) electrons. The standard InChI is InChI=1S/C12H14FNO4S/c1-14(7-8-2-3-8)19(17,18)11-6-9(13)4-5-10(11)12(15)16/h4-6,8H,2-3,7H2,1H3,(H,15,16). The van der Waals surface area contributed by atoms with Gasteiger partial charge in [0.1, 0.15) is 5.82 Å². The van der Waals surface area contributed by atoms with Gasteiger partial charge in [0.05, 0.1) is 10.5 Å². The number of aromatic carboxylic acids is 1. The van der Waals surface area contributed by atoms with Crippen molar-refractivity contribution in [2.75, 3.05) is 13.6 Å². The summed E-state index contributed by atoms with van der Waals surface area (Å²) < 4.78 is 38.8. The summed E-state index contributed by atoms with van der Waals surface area (Å²) in [7, 11) is -2.60. The molecule has 0 unspecified atom stereocenters. The van der Waals surface area contributed by atoms with Crippen LogP contribution >= 0.6 is 0 Å². The maximum Gasteiger partial charge on any atom is 0.337 e. The fourth-order valence-corrected chi connectivity index (χ4v) is 3.25. The van der Waals surface area contributed by atoms with Gasteiger partial charge in [0.2, 0.25) is 10.0 Å². The number of benzene rings is 1. The van der Waals surface area contributed by atoms with Crippen molar-refractivity contribution in [2.24, 2.45) is 5.92 Å². The summed E-state index contributed by atoms with van der Waals surface area (Å²) in [4.78, 5) is 10.5. The molecule has 0 spiro atoms. The minimum absolute atomic E-state index is 0.321. The fourth-order valence-electron chi connectivity index (χ4n) is 1.82. The number of carboxylic acid groups (broad SMARTS) is 1. The number of halogens is 1. The van der Waals surface area contributed by atoms with E-state index in [-0.39, 0.29) is 0 Å². The summed E-state index contributed by atoms with van der Waals surface area (Å²) in [6, 6.07) is 2.65. The Hall–Kier alpha value is -1.47. The highest BCUT2D eigenvalue weighted by atomic mass is 32.2. The highest BCUT2D eigenvalue weighted by Gasteiger charge is 2.31. The minimum Gasteiger partial charge on any atom is -0.478 e. The van der Waals surface area contributed by atoms with Crippen LogP contribution in [0.25, 0.3) is 0 Å². The van der Waals surface area contributed by atoms with Crippen LogP contribution in [-0.4, -0.2) is 37.4 Å². The number of nitrogens with zero attached hydrogens (tertiary/aromatic N) is 1. The Morgan fingerprint density at radius 2 is 2.11 bits per heavy atom. The van der Waals surface area contributed by atoms with Crippen LogP contribution in [0.4, 0.5) is 4.39 Å². The highest BCUT2D eigenvalue weighted by Crippen LogP contribution is 2.31. The Balaban J connectivity index is 2.43. The monoisotopic (exact) mass is 287 g/mol. The molecule has 104 valence electrons. The average molecular weight is 287 g/mol. The van der Waals surface area contributed by atoms with Crippen molar-refractivity contribution in [3.05, 3.63) is 29.6 Å². The molecule has 0 bridgehead atoms. The topological polar surface area (TPSA) is 74.7 Å². The minimum atomic E-state index is -3.98. The molecule has 5 nitrogen and oxygen atoms in total. The molecular formula is C12H14FNO4S. The zero-order valence-corrected chi connectivity index (χ0v) is 11.2. The van der Waals surface area contributed by atoms with Gasteiger partial charge in [-0.1, -0.05) is 0 Å². The quantitative estimate of drug-likeness (QED) is 0.891. The molecule has 19 heavy (non-hydrogen) atoms. The van der Waals surface area contributed by atoms with E-state index >= 15 is 0 Å². The molecule has 0 aromatic heterocycles. The highest BCUT2D eigenvalue weighted by molar-refractivity contribution is 7.89. The van der Waals surface area contributed by atoms with Crippen LogP contribution in [0.5, 0.6) is 0 Å². The molecule has 0 heterocycles. The van der Waals surface area contributed by atoms with Crippen LogP contribution < -0.4 is 0 Å². The van der Waals surface area contributed by atoms with Crippen molar-refractivity contribution in [3.8, 4) is 0 Å². The molecule has 0 atom stereocenters. The summed E-state index contributed by atoms with van der Waals surface area (Å²) in [5.74, 6) is -1.84. The predicted octanol–water partition coefficient (Wildman–Crippen LogP) is 1.55. The SMILES string of the molecule is CN(CC1CC1)S(=O)(=O)c1cc(F)ccc1C(=O)O. The van der Waals surface area contributed by atoms with E-state index in [1.54, 1.807) is 0 Å².